The van der Waals surface area contributed by atoms with Crippen LogP contribution in [-0.2, 0) is 28.7 Å². The third kappa shape index (κ3) is 12.4. The van der Waals surface area contributed by atoms with E-state index >= 15 is 0 Å². The number of esters is 2. The minimum atomic E-state index is -1.27. The van der Waals surface area contributed by atoms with Crippen molar-refractivity contribution >= 4 is 23.9 Å². The van der Waals surface area contributed by atoms with Crippen LogP contribution >= 0.6 is 0 Å². The molecule has 0 atom stereocenters. The fraction of sp³-hybridized carbons (Fsp3) is 0.429. The molecule has 0 spiro atoms. The van der Waals surface area contributed by atoms with Crippen molar-refractivity contribution in [1.82, 2.24) is 0 Å². The van der Waals surface area contributed by atoms with Gasteiger partial charge in [0.05, 0.1) is 26.1 Å². The minimum absolute atomic E-state index is 0.104. The summed E-state index contributed by atoms with van der Waals surface area (Å²) in [5, 5.41) is 16.1. The largest absolute Gasteiger partial charge is 0.481 e. The van der Waals surface area contributed by atoms with Crippen molar-refractivity contribution in [3.8, 4) is 0 Å². The molecule has 0 aliphatic carbocycles. The highest BCUT2D eigenvalue weighted by atomic mass is 16.5. The van der Waals surface area contributed by atoms with Gasteiger partial charge in [-0.3, -0.25) is 9.59 Å². The lowest BCUT2D eigenvalue weighted by Gasteiger charge is -2.04. The van der Waals surface area contributed by atoms with E-state index in [0.717, 1.165) is 0 Å². The van der Waals surface area contributed by atoms with Crippen LogP contribution in [-0.4, -0.2) is 47.3 Å². The van der Waals surface area contributed by atoms with Crippen LogP contribution in [0.2, 0.25) is 0 Å². The van der Waals surface area contributed by atoms with Crippen LogP contribution in [0.25, 0.3) is 0 Å². The van der Waals surface area contributed by atoms with Gasteiger partial charge in [0.2, 0.25) is 0 Å². The Balaban J connectivity index is 0. The first-order valence-electron chi connectivity index (χ1n) is 6.28. The van der Waals surface area contributed by atoms with E-state index in [-0.39, 0.29) is 24.2 Å². The molecule has 0 rings (SSSR count). The van der Waals surface area contributed by atoms with Crippen LogP contribution in [0.5, 0.6) is 0 Å². The van der Waals surface area contributed by atoms with E-state index in [1.54, 1.807) is 13.8 Å². The van der Waals surface area contributed by atoms with Crippen molar-refractivity contribution in [2.75, 3.05) is 13.2 Å². The van der Waals surface area contributed by atoms with Crippen LogP contribution in [0.3, 0.4) is 0 Å². The molecule has 0 aromatic rings. The number of hydrogen-bond acceptors (Lipinski definition) is 6. The van der Waals surface area contributed by atoms with E-state index in [4.69, 9.17) is 10.2 Å². The van der Waals surface area contributed by atoms with Crippen molar-refractivity contribution < 1.29 is 38.9 Å². The third-order valence-corrected chi connectivity index (χ3v) is 1.89. The number of rotatable bonds is 8. The quantitative estimate of drug-likeness (QED) is 0.504. The molecule has 0 aliphatic rings. The Bertz CT molecular complexity index is 450. The van der Waals surface area contributed by atoms with E-state index in [1.165, 1.54) is 0 Å². The summed E-state index contributed by atoms with van der Waals surface area (Å²) < 4.78 is 9.27. The van der Waals surface area contributed by atoms with Gasteiger partial charge in [0.25, 0.3) is 0 Å². The number of carboxylic acid groups (broad SMARTS) is 2. The van der Waals surface area contributed by atoms with Crippen LogP contribution in [0, 0.1) is 0 Å². The number of hydrogen-bond donors (Lipinski definition) is 2. The summed E-state index contributed by atoms with van der Waals surface area (Å²) in [6.45, 7) is 10.4. The number of ether oxygens (including phenoxy) is 2. The van der Waals surface area contributed by atoms with E-state index in [2.05, 4.69) is 22.6 Å². The molecule has 8 heteroatoms. The standard InChI is InChI=1S/C9H14O4.C5H6O4/c1-4-12-8(10)6-7(3)9(11)13-5-2;1-3(5(8)9)2-4(6)7/h3-6H2,1-2H3;1-2H2,(H,6,7)(H,8,9). The van der Waals surface area contributed by atoms with E-state index in [0.29, 0.717) is 6.61 Å². The van der Waals surface area contributed by atoms with Gasteiger partial charge in [0.15, 0.2) is 0 Å². The summed E-state index contributed by atoms with van der Waals surface area (Å²) in [7, 11) is 0. The number of carboxylic acids is 2. The van der Waals surface area contributed by atoms with Gasteiger partial charge in [-0.25, -0.2) is 9.59 Å². The second-order valence-corrected chi connectivity index (χ2v) is 3.79. The van der Waals surface area contributed by atoms with Crippen molar-refractivity contribution in [1.29, 1.82) is 0 Å². The molecular formula is C14H20O8. The molecule has 0 radical (unpaired) electrons. The maximum Gasteiger partial charge on any atom is 0.333 e. The zero-order chi connectivity index (χ0) is 17.7. The first kappa shape index (κ1) is 21.7. The lowest BCUT2D eigenvalue weighted by molar-refractivity contribution is -0.145. The second-order valence-electron chi connectivity index (χ2n) is 3.79. The van der Waals surface area contributed by atoms with Crippen molar-refractivity contribution in [3.63, 3.8) is 0 Å². The molecule has 124 valence electrons. The Morgan fingerprint density at radius 1 is 0.864 bits per heavy atom. The van der Waals surface area contributed by atoms with Crippen molar-refractivity contribution in [2.24, 2.45) is 0 Å². The number of carbonyl (C=O) groups is 4. The average Bonchev–Trinajstić information content (AvgIpc) is 2.38. The van der Waals surface area contributed by atoms with Gasteiger partial charge in [-0.05, 0) is 13.8 Å². The molecule has 0 bridgehead atoms. The normalized spacial score (nSPS) is 8.82. The third-order valence-electron chi connectivity index (χ3n) is 1.89. The van der Waals surface area contributed by atoms with E-state index in [1.807, 2.05) is 0 Å². The van der Waals surface area contributed by atoms with Gasteiger partial charge in [-0.2, -0.15) is 0 Å². The van der Waals surface area contributed by atoms with Gasteiger partial charge in [-0.1, -0.05) is 13.2 Å². The highest BCUT2D eigenvalue weighted by Gasteiger charge is 2.12. The van der Waals surface area contributed by atoms with E-state index < -0.39 is 30.3 Å². The predicted molar refractivity (Wildman–Crippen MR) is 76.1 cm³/mol. The van der Waals surface area contributed by atoms with Gasteiger partial charge in [-0.15, -0.1) is 0 Å². The zero-order valence-corrected chi connectivity index (χ0v) is 12.6. The SMILES string of the molecule is C=C(CC(=O)O)C(=O)O.C=C(CC(=O)OCC)C(=O)OCC. The molecule has 0 unspecified atom stereocenters. The van der Waals surface area contributed by atoms with Crippen LogP contribution in [0.4, 0.5) is 0 Å². The van der Waals surface area contributed by atoms with Crippen molar-refractivity contribution in [3.05, 3.63) is 24.3 Å². The molecule has 0 saturated heterocycles. The van der Waals surface area contributed by atoms with Gasteiger partial charge in [0, 0.05) is 11.1 Å². The molecule has 0 aromatic heterocycles. The maximum absolute atomic E-state index is 11.0. The Labute approximate surface area is 128 Å². The molecule has 0 aromatic carbocycles. The van der Waals surface area contributed by atoms with Crippen molar-refractivity contribution in [2.45, 2.75) is 26.7 Å². The fourth-order valence-corrected chi connectivity index (χ4v) is 0.950. The molecule has 0 fully saturated rings. The smallest absolute Gasteiger partial charge is 0.333 e. The Kier molecular flexibility index (Phi) is 11.9. The topological polar surface area (TPSA) is 127 Å². The summed E-state index contributed by atoms with van der Waals surface area (Å²) in [5.74, 6) is -3.45. The number of carbonyl (C=O) groups excluding carboxylic acids is 2. The van der Waals surface area contributed by atoms with E-state index in [9.17, 15) is 19.2 Å². The van der Waals surface area contributed by atoms with Crippen LogP contribution in [0.15, 0.2) is 24.3 Å². The summed E-state index contributed by atoms with van der Waals surface area (Å²) in [5.41, 5.74) is -0.178. The Hall–Kier alpha value is -2.64. The van der Waals surface area contributed by atoms with Crippen LogP contribution in [0.1, 0.15) is 26.7 Å². The van der Waals surface area contributed by atoms with Gasteiger partial charge in [0.1, 0.15) is 0 Å². The maximum atomic E-state index is 11.0. The first-order valence-corrected chi connectivity index (χ1v) is 6.28. The zero-order valence-electron chi connectivity index (χ0n) is 12.6. The molecule has 0 aliphatic heterocycles. The highest BCUT2D eigenvalue weighted by molar-refractivity contribution is 5.93. The lowest BCUT2D eigenvalue weighted by atomic mass is 10.2. The summed E-state index contributed by atoms with van der Waals surface area (Å²) in [6.07, 6.45) is -0.609. The lowest BCUT2D eigenvalue weighted by Crippen LogP contribution is -2.12. The average molecular weight is 316 g/mol. The fourth-order valence-electron chi connectivity index (χ4n) is 0.950. The van der Waals surface area contributed by atoms with Gasteiger partial charge >= 0.3 is 23.9 Å². The molecule has 0 amide bonds. The number of aliphatic carboxylic acids is 2. The monoisotopic (exact) mass is 316 g/mol. The second kappa shape index (κ2) is 12.1. The molecule has 2 N–H and O–H groups in total. The Morgan fingerprint density at radius 3 is 1.68 bits per heavy atom. The summed E-state index contributed by atoms with van der Waals surface area (Å²) in [6, 6.07) is 0. The molecule has 22 heavy (non-hydrogen) atoms. The molecule has 0 saturated carbocycles. The minimum Gasteiger partial charge on any atom is -0.481 e. The Morgan fingerprint density at radius 2 is 1.36 bits per heavy atom. The summed E-state index contributed by atoms with van der Waals surface area (Å²) >= 11 is 0. The molecule has 0 heterocycles. The molecule has 8 nitrogen and oxygen atoms in total. The first-order chi connectivity index (χ1) is 10.1. The van der Waals surface area contributed by atoms with Gasteiger partial charge < -0.3 is 19.7 Å². The molecular weight excluding hydrogens is 296 g/mol. The predicted octanol–water partition coefficient (Wildman–Crippen LogP) is 1.16. The van der Waals surface area contributed by atoms with Crippen LogP contribution < -0.4 is 0 Å². The summed E-state index contributed by atoms with van der Waals surface area (Å²) in [4.78, 5) is 41.5. The highest BCUT2D eigenvalue weighted by Crippen LogP contribution is 2.02.